The molecule has 0 N–H and O–H groups in total. The number of carbonyl (C=O) groups is 2. The fraction of sp³-hybridized carbons (Fsp3) is 0. The molecule has 6 nitrogen and oxygen atoms in total. The summed E-state index contributed by atoms with van der Waals surface area (Å²) in [5.41, 5.74) is -0.122. The monoisotopic (exact) mass is 463 g/mol. The van der Waals surface area contributed by atoms with E-state index in [2.05, 4.69) is 42.2 Å². The molecule has 21 heavy (non-hydrogen) atoms. The summed E-state index contributed by atoms with van der Waals surface area (Å²) in [6.07, 6.45) is 8.49. The van der Waals surface area contributed by atoms with Gasteiger partial charge in [-0.1, -0.05) is 31.9 Å². The summed E-state index contributed by atoms with van der Waals surface area (Å²) in [5.74, 6) is -0.698. The van der Waals surface area contributed by atoms with Gasteiger partial charge in [-0.3, -0.25) is 9.59 Å². The van der Waals surface area contributed by atoms with Gasteiger partial charge in [0.25, 0.3) is 0 Å². The summed E-state index contributed by atoms with van der Waals surface area (Å²) in [6.45, 7) is 0. The third-order valence-corrected chi connectivity index (χ3v) is 3.03. The molecule has 2 aliphatic rings. The summed E-state index contributed by atoms with van der Waals surface area (Å²) in [7, 11) is 0. The van der Waals surface area contributed by atoms with Crippen LogP contribution in [-0.2, 0) is 26.7 Å². The number of hydrogen-bond donors (Lipinski definition) is 0. The van der Waals surface area contributed by atoms with Gasteiger partial charge in [0.2, 0.25) is 11.6 Å². The Morgan fingerprint density at radius 2 is 1.10 bits per heavy atom. The molecule has 2 rings (SSSR count). The van der Waals surface area contributed by atoms with Crippen LogP contribution < -0.4 is 0 Å². The zero-order chi connectivity index (χ0) is 15.1. The molecular formula is C12H6Br2CuN2O4-2. The van der Waals surface area contributed by atoms with Gasteiger partial charge in [-0.15, -0.1) is 0 Å². The summed E-state index contributed by atoms with van der Waals surface area (Å²) in [4.78, 5) is 21.4. The first-order valence-electron chi connectivity index (χ1n) is 5.07. The number of ketones is 2. The molecular weight excluding hydrogens is 459 g/mol. The van der Waals surface area contributed by atoms with Crippen molar-refractivity contribution in [3.8, 4) is 0 Å². The zero-order valence-electron chi connectivity index (χ0n) is 10.0. The second-order valence-electron chi connectivity index (χ2n) is 3.41. The summed E-state index contributed by atoms with van der Waals surface area (Å²) in [6, 6.07) is 0. The average Bonchev–Trinajstić information content (AvgIpc) is 2.44. The topological polar surface area (TPSA) is 105 Å². The molecule has 0 fully saturated rings. The Balaban J connectivity index is 0.000000364. The van der Waals surface area contributed by atoms with Gasteiger partial charge in [0.1, 0.15) is 11.4 Å². The van der Waals surface area contributed by atoms with Crippen molar-refractivity contribution in [3.63, 3.8) is 0 Å². The van der Waals surface area contributed by atoms with Gasteiger partial charge >= 0.3 is 0 Å². The minimum absolute atomic E-state index is 0. The van der Waals surface area contributed by atoms with Crippen LogP contribution in [-0.4, -0.2) is 23.0 Å². The van der Waals surface area contributed by atoms with Crippen molar-refractivity contribution in [1.29, 1.82) is 0 Å². The minimum atomic E-state index is -0.349. The molecule has 2 aliphatic carbocycles. The van der Waals surface area contributed by atoms with Gasteiger partial charge in [-0.2, -0.15) is 0 Å². The Bertz CT molecular complexity index is 565. The largest absolute Gasteiger partial charge is 0.791 e. The van der Waals surface area contributed by atoms with E-state index in [-0.39, 0.29) is 40.1 Å². The normalized spacial score (nSPS) is 20.5. The predicted octanol–water partition coefficient (Wildman–Crippen LogP) is 2.68. The molecule has 1 radical (unpaired) electrons. The molecule has 0 aromatic heterocycles. The molecule has 0 aromatic rings. The molecule has 0 amide bonds. The molecule has 0 aromatic carbocycles. The summed E-state index contributed by atoms with van der Waals surface area (Å²) < 4.78 is 1.36. The zero-order valence-corrected chi connectivity index (χ0v) is 14.2. The van der Waals surface area contributed by atoms with Crippen LogP contribution in [0.15, 0.2) is 55.7 Å². The number of halogens is 2. The molecule has 0 saturated heterocycles. The van der Waals surface area contributed by atoms with Crippen molar-refractivity contribution in [2.24, 2.45) is 10.3 Å². The fourth-order valence-corrected chi connectivity index (χ4v) is 1.82. The Morgan fingerprint density at radius 3 is 1.33 bits per heavy atom. The maximum Gasteiger partial charge on any atom is 0.203 e. The van der Waals surface area contributed by atoms with E-state index < -0.39 is 0 Å². The number of hydrogen-bond acceptors (Lipinski definition) is 6. The van der Waals surface area contributed by atoms with E-state index in [0.29, 0.717) is 8.96 Å². The molecule has 0 bridgehead atoms. The SMILES string of the molecule is O=C1C=CC(Br)=C/C1=N\[O-].O=C1C=CC(Br)=C/C1=N\[O-].[Cu]. The van der Waals surface area contributed by atoms with E-state index in [0.717, 1.165) is 0 Å². The van der Waals surface area contributed by atoms with E-state index in [9.17, 15) is 20.0 Å². The number of carbonyl (C=O) groups excluding carboxylic acids is 2. The van der Waals surface area contributed by atoms with Gasteiger partial charge in [0.05, 0.1) is 0 Å². The Kier molecular flexibility index (Phi) is 9.03. The first-order chi connectivity index (χ1) is 9.47. The Morgan fingerprint density at radius 1 is 0.762 bits per heavy atom. The predicted molar refractivity (Wildman–Crippen MR) is 83.9 cm³/mol. The van der Waals surface area contributed by atoms with Gasteiger partial charge < -0.3 is 20.7 Å². The van der Waals surface area contributed by atoms with Crippen LogP contribution in [0.2, 0.25) is 0 Å². The number of rotatable bonds is 0. The second-order valence-corrected chi connectivity index (χ2v) is 5.24. The molecule has 115 valence electrons. The third-order valence-electron chi connectivity index (χ3n) is 2.04. The van der Waals surface area contributed by atoms with Gasteiger partial charge in [0.15, 0.2) is 0 Å². The van der Waals surface area contributed by atoms with E-state index in [1.165, 1.54) is 24.3 Å². The smallest absolute Gasteiger partial charge is 0.203 e. The first kappa shape index (κ1) is 19.7. The summed E-state index contributed by atoms with van der Waals surface area (Å²) in [5, 5.41) is 24.9. The van der Waals surface area contributed by atoms with Crippen molar-refractivity contribution in [2.45, 2.75) is 0 Å². The van der Waals surface area contributed by atoms with Crippen LogP contribution in [0.1, 0.15) is 0 Å². The van der Waals surface area contributed by atoms with Crippen LogP contribution in [0, 0.1) is 10.4 Å². The van der Waals surface area contributed by atoms with E-state index in [4.69, 9.17) is 0 Å². The molecule has 0 saturated carbocycles. The maximum atomic E-state index is 10.7. The van der Waals surface area contributed by atoms with Crippen LogP contribution in [0.3, 0.4) is 0 Å². The van der Waals surface area contributed by atoms with Crippen molar-refractivity contribution in [3.05, 3.63) is 55.8 Å². The minimum Gasteiger partial charge on any atom is -0.791 e. The van der Waals surface area contributed by atoms with Gasteiger partial charge in [-0.05, 0) is 36.5 Å². The molecule has 0 aliphatic heterocycles. The van der Waals surface area contributed by atoms with Crippen molar-refractivity contribution < 1.29 is 26.7 Å². The third kappa shape index (κ3) is 6.34. The molecule has 0 heterocycles. The van der Waals surface area contributed by atoms with E-state index in [1.54, 1.807) is 12.2 Å². The summed E-state index contributed by atoms with van der Waals surface area (Å²) >= 11 is 6.20. The maximum absolute atomic E-state index is 10.7. The van der Waals surface area contributed by atoms with E-state index >= 15 is 0 Å². The molecule has 0 unspecified atom stereocenters. The van der Waals surface area contributed by atoms with Crippen LogP contribution >= 0.6 is 31.9 Å². The fourth-order valence-electron chi connectivity index (χ4n) is 1.12. The first-order valence-corrected chi connectivity index (χ1v) is 6.66. The number of allylic oxidation sites excluding steroid dienone is 8. The molecule has 9 heteroatoms. The van der Waals surface area contributed by atoms with Crippen LogP contribution in [0.4, 0.5) is 0 Å². The number of nitrogens with zero attached hydrogens (tertiary/aromatic N) is 2. The van der Waals surface area contributed by atoms with Gasteiger partial charge in [-0.25, -0.2) is 0 Å². The van der Waals surface area contributed by atoms with Crippen LogP contribution in [0.5, 0.6) is 0 Å². The Labute approximate surface area is 147 Å². The van der Waals surface area contributed by atoms with Crippen molar-refractivity contribution in [1.82, 2.24) is 0 Å². The second kappa shape index (κ2) is 9.62. The van der Waals surface area contributed by atoms with Gasteiger partial charge in [0, 0.05) is 26.0 Å². The molecule has 0 atom stereocenters. The standard InChI is InChI=1S/2C6H4BrNO2.Cu/c2*7-4-1-2-6(9)5(3-4)8-10;/h2*1-3,10H;/p-2/b2*8-5+;. The quantitative estimate of drug-likeness (QED) is 0.312. The van der Waals surface area contributed by atoms with E-state index in [1.807, 2.05) is 0 Å². The van der Waals surface area contributed by atoms with Crippen LogP contribution in [0.25, 0.3) is 0 Å². The average molecular weight is 466 g/mol. The van der Waals surface area contributed by atoms with Crippen molar-refractivity contribution in [2.75, 3.05) is 0 Å². The molecule has 0 spiro atoms. The Hall–Kier alpha value is -1.28. The van der Waals surface area contributed by atoms with Crippen molar-refractivity contribution >= 4 is 54.8 Å².